The maximum atomic E-state index is 14.3. The zero-order valence-electron chi connectivity index (χ0n) is 12.7. The summed E-state index contributed by atoms with van der Waals surface area (Å²) < 4.78 is 14.9. The molecule has 1 unspecified atom stereocenters. The van der Waals surface area contributed by atoms with Crippen molar-refractivity contribution in [3.05, 3.63) is 68.9 Å². The number of rotatable bonds is 5. The number of nitrogens with one attached hydrogen (secondary N) is 1. The van der Waals surface area contributed by atoms with E-state index in [1.54, 1.807) is 6.07 Å². The third-order valence-corrected chi connectivity index (χ3v) is 4.14. The van der Waals surface area contributed by atoms with Gasteiger partial charge < -0.3 is 5.32 Å². The molecule has 0 aliphatic rings. The molecule has 0 heterocycles. The van der Waals surface area contributed by atoms with E-state index in [-0.39, 0.29) is 11.9 Å². The fourth-order valence-electron chi connectivity index (χ4n) is 2.75. The lowest BCUT2D eigenvalue weighted by atomic mass is 9.96. The second-order valence-corrected chi connectivity index (χ2v) is 6.31. The molecule has 2 aromatic carbocycles. The van der Waals surface area contributed by atoms with Crippen LogP contribution in [-0.4, -0.2) is 6.54 Å². The molecule has 0 radical (unpaired) electrons. The van der Waals surface area contributed by atoms with Crippen LogP contribution in [0.3, 0.4) is 0 Å². The molecule has 112 valence electrons. The molecule has 0 aliphatic carbocycles. The summed E-state index contributed by atoms with van der Waals surface area (Å²) in [5.41, 5.74) is 4.44. The lowest BCUT2D eigenvalue weighted by Gasteiger charge is -2.20. The van der Waals surface area contributed by atoms with Crippen LogP contribution in [0.5, 0.6) is 0 Å². The van der Waals surface area contributed by atoms with Gasteiger partial charge in [0.05, 0.1) is 4.47 Å². The molecule has 21 heavy (non-hydrogen) atoms. The van der Waals surface area contributed by atoms with Crippen molar-refractivity contribution in [3.8, 4) is 0 Å². The standard InChI is InChI=1S/C18H21BrFN/c1-4-21-17(15-6-5-7-16(19)18(15)20)11-14-9-12(2)8-13(3)10-14/h5-10,17,21H,4,11H2,1-3H3. The van der Waals surface area contributed by atoms with Crippen molar-refractivity contribution in [2.24, 2.45) is 0 Å². The van der Waals surface area contributed by atoms with E-state index in [1.165, 1.54) is 16.7 Å². The van der Waals surface area contributed by atoms with Crippen molar-refractivity contribution in [2.75, 3.05) is 6.54 Å². The van der Waals surface area contributed by atoms with E-state index in [0.29, 0.717) is 10.0 Å². The van der Waals surface area contributed by atoms with E-state index in [9.17, 15) is 4.39 Å². The van der Waals surface area contributed by atoms with Gasteiger partial charge in [-0.1, -0.05) is 48.4 Å². The summed E-state index contributed by atoms with van der Waals surface area (Å²) in [4.78, 5) is 0. The Morgan fingerprint density at radius 2 is 1.81 bits per heavy atom. The highest BCUT2D eigenvalue weighted by Gasteiger charge is 2.17. The summed E-state index contributed by atoms with van der Waals surface area (Å²) in [7, 11) is 0. The van der Waals surface area contributed by atoms with Gasteiger partial charge in [0.1, 0.15) is 5.82 Å². The van der Waals surface area contributed by atoms with Crippen molar-refractivity contribution in [2.45, 2.75) is 33.2 Å². The van der Waals surface area contributed by atoms with Gasteiger partial charge in [0, 0.05) is 11.6 Å². The molecule has 0 saturated heterocycles. The Hall–Kier alpha value is -1.19. The summed E-state index contributed by atoms with van der Waals surface area (Å²) in [5.74, 6) is -0.173. The van der Waals surface area contributed by atoms with Gasteiger partial charge in [-0.3, -0.25) is 0 Å². The monoisotopic (exact) mass is 349 g/mol. The minimum absolute atomic E-state index is 0.0197. The van der Waals surface area contributed by atoms with Crippen molar-refractivity contribution < 1.29 is 4.39 Å². The Kier molecular flexibility index (Phi) is 5.54. The fourth-order valence-corrected chi connectivity index (χ4v) is 3.13. The van der Waals surface area contributed by atoms with Gasteiger partial charge in [0.15, 0.2) is 0 Å². The van der Waals surface area contributed by atoms with Crippen LogP contribution in [-0.2, 0) is 6.42 Å². The molecular weight excluding hydrogens is 329 g/mol. The topological polar surface area (TPSA) is 12.0 Å². The van der Waals surface area contributed by atoms with Crippen molar-refractivity contribution in [3.63, 3.8) is 0 Å². The third kappa shape index (κ3) is 4.14. The number of likely N-dealkylation sites (N-methyl/N-ethyl adjacent to an activating group) is 1. The molecular formula is C18H21BrFN. The van der Waals surface area contributed by atoms with Gasteiger partial charge in [-0.25, -0.2) is 4.39 Å². The molecule has 0 fully saturated rings. The Morgan fingerprint density at radius 3 is 2.43 bits per heavy atom. The van der Waals surface area contributed by atoms with Crippen LogP contribution >= 0.6 is 15.9 Å². The smallest absolute Gasteiger partial charge is 0.142 e. The van der Waals surface area contributed by atoms with Gasteiger partial charge in [-0.15, -0.1) is 0 Å². The zero-order valence-corrected chi connectivity index (χ0v) is 14.3. The van der Waals surface area contributed by atoms with E-state index in [0.717, 1.165) is 13.0 Å². The second-order valence-electron chi connectivity index (χ2n) is 5.45. The molecule has 1 nitrogen and oxygen atoms in total. The first kappa shape index (κ1) is 16.2. The van der Waals surface area contributed by atoms with E-state index in [4.69, 9.17) is 0 Å². The van der Waals surface area contributed by atoms with Crippen molar-refractivity contribution >= 4 is 15.9 Å². The Labute approximate surface area is 134 Å². The summed E-state index contributed by atoms with van der Waals surface area (Å²) in [6, 6.07) is 12.0. The average molecular weight is 350 g/mol. The normalized spacial score (nSPS) is 12.4. The first-order valence-electron chi connectivity index (χ1n) is 7.25. The number of hydrogen-bond donors (Lipinski definition) is 1. The lowest BCUT2D eigenvalue weighted by Crippen LogP contribution is -2.24. The highest BCUT2D eigenvalue weighted by Crippen LogP contribution is 2.26. The highest BCUT2D eigenvalue weighted by molar-refractivity contribution is 9.10. The van der Waals surface area contributed by atoms with Crippen LogP contribution in [0, 0.1) is 19.7 Å². The average Bonchev–Trinajstić information content (AvgIpc) is 2.40. The number of aryl methyl sites for hydroxylation is 2. The maximum Gasteiger partial charge on any atom is 0.142 e. The van der Waals surface area contributed by atoms with Crippen LogP contribution in [0.4, 0.5) is 4.39 Å². The van der Waals surface area contributed by atoms with Gasteiger partial charge >= 0.3 is 0 Å². The molecule has 3 heteroatoms. The predicted octanol–water partition coefficient (Wildman–Crippen LogP) is 5.10. The van der Waals surface area contributed by atoms with E-state index < -0.39 is 0 Å². The van der Waals surface area contributed by atoms with E-state index in [2.05, 4.69) is 53.3 Å². The minimum atomic E-state index is -0.173. The summed E-state index contributed by atoms with van der Waals surface area (Å²) in [6.45, 7) is 7.04. The third-order valence-electron chi connectivity index (χ3n) is 3.53. The quantitative estimate of drug-likeness (QED) is 0.791. The highest BCUT2D eigenvalue weighted by atomic mass is 79.9. The number of hydrogen-bond acceptors (Lipinski definition) is 1. The molecule has 1 atom stereocenters. The zero-order chi connectivity index (χ0) is 15.4. The molecule has 0 bridgehead atoms. The molecule has 0 aromatic heterocycles. The Balaban J connectivity index is 2.32. The molecule has 2 aromatic rings. The van der Waals surface area contributed by atoms with Crippen LogP contribution in [0.2, 0.25) is 0 Å². The molecule has 0 aliphatic heterocycles. The van der Waals surface area contributed by atoms with Crippen LogP contribution in [0.25, 0.3) is 0 Å². The van der Waals surface area contributed by atoms with E-state index in [1.807, 2.05) is 19.1 Å². The van der Waals surface area contributed by atoms with Crippen LogP contribution in [0.1, 0.15) is 35.2 Å². The van der Waals surface area contributed by atoms with Gasteiger partial charge in [0.25, 0.3) is 0 Å². The molecule has 0 spiro atoms. The van der Waals surface area contributed by atoms with Gasteiger partial charge in [-0.05, 0) is 54.4 Å². The summed E-state index contributed by atoms with van der Waals surface area (Å²) in [5, 5.41) is 3.39. The largest absolute Gasteiger partial charge is 0.310 e. The minimum Gasteiger partial charge on any atom is -0.310 e. The molecule has 0 amide bonds. The van der Waals surface area contributed by atoms with Crippen LogP contribution < -0.4 is 5.32 Å². The SMILES string of the molecule is CCNC(Cc1cc(C)cc(C)c1)c1cccc(Br)c1F. The molecule has 0 saturated carbocycles. The Bertz CT molecular complexity index is 604. The van der Waals surface area contributed by atoms with E-state index >= 15 is 0 Å². The fraction of sp³-hybridized carbons (Fsp3) is 0.333. The molecule has 2 rings (SSSR count). The van der Waals surface area contributed by atoms with Gasteiger partial charge in [0.2, 0.25) is 0 Å². The van der Waals surface area contributed by atoms with Crippen molar-refractivity contribution in [1.29, 1.82) is 0 Å². The first-order chi connectivity index (χ1) is 10.0. The second kappa shape index (κ2) is 7.19. The molecule has 1 N–H and O–H groups in total. The van der Waals surface area contributed by atoms with Crippen LogP contribution in [0.15, 0.2) is 40.9 Å². The van der Waals surface area contributed by atoms with Gasteiger partial charge in [-0.2, -0.15) is 0 Å². The summed E-state index contributed by atoms with van der Waals surface area (Å²) in [6.07, 6.45) is 0.781. The predicted molar refractivity (Wildman–Crippen MR) is 90.1 cm³/mol. The Morgan fingerprint density at radius 1 is 1.14 bits per heavy atom. The number of benzene rings is 2. The summed E-state index contributed by atoms with van der Waals surface area (Å²) >= 11 is 3.27. The van der Waals surface area contributed by atoms with Crippen molar-refractivity contribution in [1.82, 2.24) is 5.32 Å². The maximum absolute atomic E-state index is 14.3. The number of halogens is 2. The first-order valence-corrected chi connectivity index (χ1v) is 8.05. The lowest BCUT2D eigenvalue weighted by molar-refractivity contribution is 0.507.